The highest BCUT2D eigenvalue weighted by Crippen LogP contribution is 1.54. The zero-order chi connectivity index (χ0) is 4.12. The molecular formula is C2H6N2S. The summed E-state index contributed by atoms with van der Waals surface area (Å²) in [6.45, 7) is 1.81. The predicted molar refractivity (Wildman–Crippen MR) is 26.3 cm³/mol. The fraction of sp³-hybridized carbons (Fsp3) is 0.500. The van der Waals surface area contributed by atoms with E-state index < -0.39 is 0 Å². The SMILES string of the molecule is CC=NNS. The number of hydrogen-bond acceptors (Lipinski definition) is 3. The van der Waals surface area contributed by atoms with E-state index >= 15 is 0 Å². The van der Waals surface area contributed by atoms with Crippen LogP contribution in [0.4, 0.5) is 0 Å². The van der Waals surface area contributed by atoms with Crippen LogP contribution in [0.2, 0.25) is 0 Å². The topological polar surface area (TPSA) is 24.4 Å². The second-order valence-electron chi connectivity index (χ2n) is 0.487. The molecule has 1 N–H and O–H groups in total. The van der Waals surface area contributed by atoms with Crippen LogP contribution < -0.4 is 4.83 Å². The van der Waals surface area contributed by atoms with Gasteiger partial charge < -0.3 is 0 Å². The summed E-state index contributed by atoms with van der Waals surface area (Å²) in [4.78, 5) is 2.28. The largest absolute Gasteiger partial charge is 0.255 e. The van der Waals surface area contributed by atoms with Gasteiger partial charge in [-0.3, -0.25) is 4.83 Å². The summed E-state index contributed by atoms with van der Waals surface area (Å²) in [5, 5.41) is 3.46. The molecule has 0 aromatic carbocycles. The number of hydrogen-bond donors (Lipinski definition) is 2. The Morgan fingerprint density at radius 2 is 2.60 bits per heavy atom. The van der Waals surface area contributed by atoms with Crippen molar-refractivity contribution in [2.45, 2.75) is 6.92 Å². The fourth-order valence-electron chi connectivity index (χ4n) is 0.0577. The monoisotopic (exact) mass is 90.0 g/mol. The lowest BCUT2D eigenvalue weighted by Crippen LogP contribution is -1.79. The molecule has 0 heterocycles. The van der Waals surface area contributed by atoms with E-state index in [-0.39, 0.29) is 0 Å². The second kappa shape index (κ2) is 3.82. The van der Waals surface area contributed by atoms with Gasteiger partial charge >= 0.3 is 0 Å². The van der Waals surface area contributed by atoms with Crippen LogP contribution in [0.3, 0.4) is 0 Å². The van der Waals surface area contributed by atoms with Crippen molar-refractivity contribution in [1.82, 2.24) is 4.83 Å². The second-order valence-corrected chi connectivity index (χ2v) is 0.687. The maximum absolute atomic E-state index is 3.55. The third-order valence-electron chi connectivity index (χ3n) is 0.187. The van der Waals surface area contributed by atoms with E-state index in [9.17, 15) is 0 Å². The standard InChI is InChI=1S/C2H6N2S/c1-2-3-4-5/h2,4-5H,1H3. The number of thiol groups is 1. The van der Waals surface area contributed by atoms with Gasteiger partial charge in [-0.15, -0.1) is 0 Å². The first-order chi connectivity index (χ1) is 2.41. The first-order valence-corrected chi connectivity index (χ1v) is 1.73. The molecular weight excluding hydrogens is 84.1 g/mol. The summed E-state index contributed by atoms with van der Waals surface area (Å²) in [6, 6.07) is 0. The molecule has 0 aromatic heterocycles. The van der Waals surface area contributed by atoms with Crippen LogP contribution in [0.25, 0.3) is 0 Å². The molecule has 0 spiro atoms. The van der Waals surface area contributed by atoms with Gasteiger partial charge in [0.15, 0.2) is 0 Å². The molecule has 0 amide bonds. The number of nitrogens with one attached hydrogen (secondary N) is 1. The van der Waals surface area contributed by atoms with Crippen LogP contribution in [0.15, 0.2) is 5.10 Å². The maximum atomic E-state index is 3.55. The van der Waals surface area contributed by atoms with E-state index in [1.54, 1.807) is 6.21 Å². The average Bonchev–Trinajstić information content (AvgIpc) is 1.41. The summed E-state index contributed by atoms with van der Waals surface area (Å²) in [6.07, 6.45) is 1.62. The fourth-order valence-corrected chi connectivity index (χ4v) is 0.173. The highest BCUT2D eigenvalue weighted by molar-refractivity contribution is 7.78. The maximum Gasteiger partial charge on any atom is 0.0221 e. The van der Waals surface area contributed by atoms with Crippen LogP contribution in [0.1, 0.15) is 6.92 Å². The minimum Gasteiger partial charge on any atom is -0.255 e. The molecule has 0 aromatic rings. The Morgan fingerprint density at radius 1 is 2.00 bits per heavy atom. The molecule has 0 aliphatic heterocycles. The van der Waals surface area contributed by atoms with Gasteiger partial charge in [-0.05, 0) is 6.92 Å². The first-order valence-electron chi connectivity index (χ1n) is 1.28. The zero-order valence-corrected chi connectivity index (χ0v) is 3.87. The van der Waals surface area contributed by atoms with Crippen molar-refractivity contribution in [1.29, 1.82) is 0 Å². The first kappa shape index (κ1) is 4.82. The number of hydrazone groups is 1. The van der Waals surface area contributed by atoms with Gasteiger partial charge in [0.1, 0.15) is 0 Å². The highest BCUT2D eigenvalue weighted by atomic mass is 32.1. The Morgan fingerprint density at radius 3 is 2.60 bits per heavy atom. The van der Waals surface area contributed by atoms with Crippen LogP contribution in [0.5, 0.6) is 0 Å². The van der Waals surface area contributed by atoms with Gasteiger partial charge in [0, 0.05) is 6.21 Å². The molecule has 0 fully saturated rings. The van der Waals surface area contributed by atoms with Gasteiger partial charge in [-0.2, -0.15) is 5.10 Å². The molecule has 3 heteroatoms. The normalized spacial score (nSPS) is 9.20. The van der Waals surface area contributed by atoms with E-state index in [0.29, 0.717) is 0 Å². The molecule has 0 aliphatic rings. The van der Waals surface area contributed by atoms with Crippen molar-refractivity contribution in [3.63, 3.8) is 0 Å². The minimum absolute atomic E-state index is 1.62. The highest BCUT2D eigenvalue weighted by Gasteiger charge is 1.45. The van der Waals surface area contributed by atoms with Crippen LogP contribution in [-0.2, 0) is 0 Å². The Balaban J connectivity index is 2.62. The van der Waals surface area contributed by atoms with E-state index in [1.807, 2.05) is 6.92 Å². The Hall–Kier alpha value is -0.180. The average molecular weight is 90.2 g/mol. The van der Waals surface area contributed by atoms with Gasteiger partial charge in [0.05, 0.1) is 0 Å². The molecule has 2 nitrogen and oxygen atoms in total. The quantitative estimate of drug-likeness (QED) is 0.272. The molecule has 5 heavy (non-hydrogen) atoms. The Labute approximate surface area is 36.8 Å². The molecule has 0 aliphatic carbocycles. The van der Waals surface area contributed by atoms with Crippen LogP contribution in [-0.4, -0.2) is 6.21 Å². The van der Waals surface area contributed by atoms with Crippen molar-refractivity contribution >= 4 is 19.0 Å². The van der Waals surface area contributed by atoms with Crippen LogP contribution in [0, 0.1) is 0 Å². The summed E-state index contributed by atoms with van der Waals surface area (Å²) >= 11 is 3.55. The van der Waals surface area contributed by atoms with Crippen molar-refractivity contribution < 1.29 is 0 Å². The van der Waals surface area contributed by atoms with Crippen molar-refractivity contribution in [3.8, 4) is 0 Å². The van der Waals surface area contributed by atoms with E-state index in [2.05, 4.69) is 22.7 Å². The van der Waals surface area contributed by atoms with Gasteiger partial charge in [-0.1, -0.05) is 12.8 Å². The lowest BCUT2D eigenvalue weighted by Gasteiger charge is -1.74. The van der Waals surface area contributed by atoms with Gasteiger partial charge in [0.2, 0.25) is 0 Å². The zero-order valence-electron chi connectivity index (χ0n) is 2.97. The van der Waals surface area contributed by atoms with Crippen molar-refractivity contribution in [2.75, 3.05) is 0 Å². The molecule has 0 radical (unpaired) electrons. The third kappa shape index (κ3) is 3.82. The lowest BCUT2D eigenvalue weighted by atomic mass is 10.9. The van der Waals surface area contributed by atoms with Gasteiger partial charge in [0.25, 0.3) is 0 Å². The molecule has 0 saturated heterocycles. The molecule has 30 valence electrons. The number of rotatable bonds is 1. The minimum atomic E-state index is 1.62. The van der Waals surface area contributed by atoms with Crippen molar-refractivity contribution in [2.24, 2.45) is 5.10 Å². The van der Waals surface area contributed by atoms with E-state index in [1.165, 1.54) is 0 Å². The third-order valence-corrected chi connectivity index (χ3v) is 0.302. The smallest absolute Gasteiger partial charge is 0.0221 e. The summed E-state index contributed by atoms with van der Waals surface area (Å²) in [5.41, 5.74) is 0. The van der Waals surface area contributed by atoms with Gasteiger partial charge in [-0.25, -0.2) is 0 Å². The molecule has 0 unspecified atom stereocenters. The molecule has 0 bridgehead atoms. The lowest BCUT2D eigenvalue weighted by molar-refractivity contribution is 1.14. The summed E-state index contributed by atoms with van der Waals surface area (Å²) in [5.74, 6) is 0. The van der Waals surface area contributed by atoms with Crippen LogP contribution >= 0.6 is 12.8 Å². The Kier molecular flexibility index (Phi) is 3.68. The summed E-state index contributed by atoms with van der Waals surface area (Å²) in [7, 11) is 0. The Bertz CT molecular complexity index is 34.6. The predicted octanol–water partition coefficient (Wildman–Crippen LogP) is 0.426. The van der Waals surface area contributed by atoms with E-state index in [4.69, 9.17) is 0 Å². The summed E-state index contributed by atoms with van der Waals surface area (Å²) < 4.78 is 0. The van der Waals surface area contributed by atoms with E-state index in [0.717, 1.165) is 0 Å². The molecule has 0 rings (SSSR count). The molecule has 0 saturated carbocycles. The van der Waals surface area contributed by atoms with Crippen molar-refractivity contribution in [3.05, 3.63) is 0 Å². The number of nitrogens with zero attached hydrogens (tertiary/aromatic N) is 1. The molecule has 0 atom stereocenters.